The summed E-state index contributed by atoms with van der Waals surface area (Å²) in [6.45, 7) is 9.72. The average Bonchev–Trinajstić information content (AvgIpc) is 2.25. The molecule has 0 fully saturated rings. The molecule has 1 aromatic rings. The largest absolute Gasteiger partial charge is 0.334 e. The zero-order chi connectivity index (χ0) is 15.4. The summed E-state index contributed by atoms with van der Waals surface area (Å²) in [4.78, 5) is 14.3. The number of hydrogen-bond donors (Lipinski definition) is 0. The van der Waals surface area contributed by atoms with E-state index in [0.29, 0.717) is 15.6 Å². The Morgan fingerprint density at radius 3 is 2.20 bits per heavy atom. The van der Waals surface area contributed by atoms with Crippen molar-refractivity contribution in [2.45, 2.75) is 46.7 Å². The Kier molecular flexibility index (Phi) is 5.93. The molecule has 0 N–H and O–H groups in total. The Morgan fingerprint density at radius 2 is 1.75 bits per heavy atom. The highest BCUT2D eigenvalue weighted by molar-refractivity contribution is 9.10. The van der Waals surface area contributed by atoms with Crippen molar-refractivity contribution in [2.24, 2.45) is 0 Å². The number of hydrogen-bond acceptors (Lipinski definition) is 1. The molecule has 1 amide bonds. The molecule has 0 saturated heterocycles. The average molecular weight is 342 g/mol. The summed E-state index contributed by atoms with van der Waals surface area (Å²) in [7, 11) is 0. The first kappa shape index (κ1) is 16.9. The van der Waals surface area contributed by atoms with Gasteiger partial charge in [-0.2, -0.15) is 0 Å². The second-order valence-corrected chi connectivity index (χ2v) is 6.35. The number of carbonyl (C=O) groups excluding carboxylic acids is 1. The summed E-state index contributed by atoms with van der Waals surface area (Å²) in [5.74, 6) is -0.342. The molecule has 20 heavy (non-hydrogen) atoms. The Hall–Kier alpha value is -1.16. The van der Waals surface area contributed by atoms with Crippen LogP contribution in [0.15, 0.2) is 28.2 Å². The van der Waals surface area contributed by atoms with Crippen molar-refractivity contribution in [1.29, 1.82) is 0 Å². The highest BCUT2D eigenvalue weighted by Crippen LogP contribution is 2.19. The van der Waals surface area contributed by atoms with Crippen LogP contribution < -0.4 is 0 Å². The monoisotopic (exact) mass is 341 g/mol. The van der Waals surface area contributed by atoms with E-state index in [1.54, 1.807) is 19.1 Å². The standard InChI is InChI=1S/C16H21BrFNO/c1-10(2)19(11(3)4)16(20)12(5)6-13-7-14(17)9-15(18)8-13/h6-11H,1-5H3/b12-6-. The van der Waals surface area contributed by atoms with Crippen LogP contribution in [0.5, 0.6) is 0 Å². The van der Waals surface area contributed by atoms with Gasteiger partial charge in [0.2, 0.25) is 5.91 Å². The van der Waals surface area contributed by atoms with Gasteiger partial charge in [-0.15, -0.1) is 0 Å². The summed E-state index contributed by atoms with van der Waals surface area (Å²) >= 11 is 3.25. The molecule has 0 aliphatic heterocycles. The number of amides is 1. The molecule has 0 heterocycles. The molecule has 110 valence electrons. The predicted octanol–water partition coefficient (Wildman–Crippen LogP) is 4.64. The zero-order valence-electron chi connectivity index (χ0n) is 12.6. The third-order valence-corrected chi connectivity index (χ3v) is 3.41. The summed E-state index contributed by atoms with van der Waals surface area (Å²) in [6, 6.07) is 4.85. The molecule has 1 aromatic carbocycles. The molecule has 2 nitrogen and oxygen atoms in total. The number of carbonyl (C=O) groups is 1. The van der Waals surface area contributed by atoms with Gasteiger partial charge >= 0.3 is 0 Å². The van der Waals surface area contributed by atoms with Crippen LogP contribution in [-0.2, 0) is 4.79 Å². The van der Waals surface area contributed by atoms with E-state index in [9.17, 15) is 9.18 Å². The van der Waals surface area contributed by atoms with Crippen molar-refractivity contribution in [2.75, 3.05) is 0 Å². The van der Waals surface area contributed by atoms with Gasteiger partial charge in [0, 0.05) is 22.1 Å². The lowest BCUT2D eigenvalue weighted by Crippen LogP contribution is -2.42. The Morgan fingerprint density at radius 1 is 1.20 bits per heavy atom. The van der Waals surface area contributed by atoms with Gasteiger partial charge in [0.25, 0.3) is 0 Å². The first-order chi connectivity index (χ1) is 9.22. The zero-order valence-corrected chi connectivity index (χ0v) is 14.2. The fourth-order valence-electron chi connectivity index (χ4n) is 2.24. The van der Waals surface area contributed by atoms with E-state index in [0.717, 1.165) is 0 Å². The van der Waals surface area contributed by atoms with Crippen LogP contribution >= 0.6 is 15.9 Å². The summed E-state index contributed by atoms with van der Waals surface area (Å²) in [5, 5.41) is 0. The molecule has 0 spiro atoms. The summed E-state index contributed by atoms with van der Waals surface area (Å²) in [6.07, 6.45) is 1.72. The minimum atomic E-state index is -0.324. The first-order valence-electron chi connectivity index (χ1n) is 6.69. The SMILES string of the molecule is C/C(=C/c1cc(F)cc(Br)c1)C(=O)N(C(C)C)C(C)C. The van der Waals surface area contributed by atoms with E-state index in [1.807, 2.05) is 32.6 Å². The molecule has 0 aliphatic rings. The second-order valence-electron chi connectivity index (χ2n) is 5.43. The maximum atomic E-state index is 13.3. The predicted molar refractivity (Wildman–Crippen MR) is 84.9 cm³/mol. The smallest absolute Gasteiger partial charge is 0.249 e. The van der Waals surface area contributed by atoms with Gasteiger partial charge in [-0.3, -0.25) is 4.79 Å². The van der Waals surface area contributed by atoms with Gasteiger partial charge in [0.15, 0.2) is 0 Å². The number of rotatable bonds is 4. The molecule has 0 radical (unpaired) electrons. The van der Waals surface area contributed by atoms with E-state index in [4.69, 9.17) is 0 Å². The normalized spacial score (nSPS) is 12.2. The van der Waals surface area contributed by atoms with Crippen LogP contribution in [0.2, 0.25) is 0 Å². The molecular weight excluding hydrogens is 321 g/mol. The lowest BCUT2D eigenvalue weighted by molar-refractivity contribution is -0.130. The molecule has 0 saturated carbocycles. The van der Waals surface area contributed by atoms with Crippen LogP contribution in [0.25, 0.3) is 6.08 Å². The maximum Gasteiger partial charge on any atom is 0.249 e. The van der Waals surface area contributed by atoms with E-state index in [-0.39, 0.29) is 23.8 Å². The molecule has 0 atom stereocenters. The summed E-state index contributed by atoms with van der Waals surface area (Å²) in [5.41, 5.74) is 1.28. The van der Waals surface area contributed by atoms with Gasteiger partial charge in [-0.05, 0) is 64.5 Å². The number of benzene rings is 1. The molecule has 0 unspecified atom stereocenters. The van der Waals surface area contributed by atoms with E-state index >= 15 is 0 Å². The first-order valence-corrected chi connectivity index (χ1v) is 7.48. The van der Waals surface area contributed by atoms with E-state index in [1.165, 1.54) is 12.1 Å². The lowest BCUT2D eigenvalue weighted by atomic mass is 10.1. The van der Waals surface area contributed by atoms with Crippen molar-refractivity contribution in [3.63, 3.8) is 0 Å². The molecule has 0 aromatic heterocycles. The van der Waals surface area contributed by atoms with E-state index < -0.39 is 0 Å². The van der Waals surface area contributed by atoms with Gasteiger partial charge in [-0.25, -0.2) is 4.39 Å². The molecular formula is C16H21BrFNO. The van der Waals surface area contributed by atoms with Crippen LogP contribution in [0.3, 0.4) is 0 Å². The van der Waals surface area contributed by atoms with Crippen molar-refractivity contribution < 1.29 is 9.18 Å². The minimum absolute atomic E-state index is 0.0182. The van der Waals surface area contributed by atoms with Crippen LogP contribution in [0.4, 0.5) is 4.39 Å². The third kappa shape index (κ3) is 4.44. The van der Waals surface area contributed by atoms with Gasteiger partial charge in [0.05, 0.1) is 0 Å². The highest BCUT2D eigenvalue weighted by atomic mass is 79.9. The van der Waals surface area contributed by atoms with E-state index in [2.05, 4.69) is 15.9 Å². The quantitative estimate of drug-likeness (QED) is 0.730. The van der Waals surface area contributed by atoms with Gasteiger partial charge in [-0.1, -0.05) is 15.9 Å². The molecule has 4 heteroatoms. The Labute approximate surface area is 128 Å². The summed E-state index contributed by atoms with van der Waals surface area (Å²) < 4.78 is 14.0. The molecule has 0 bridgehead atoms. The fraction of sp³-hybridized carbons (Fsp3) is 0.438. The van der Waals surface area contributed by atoms with Gasteiger partial charge in [0.1, 0.15) is 5.82 Å². The lowest BCUT2D eigenvalue weighted by Gasteiger charge is -2.31. The third-order valence-electron chi connectivity index (χ3n) is 2.95. The van der Waals surface area contributed by atoms with Crippen molar-refractivity contribution in [1.82, 2.24) is 4.90 Å². The van der Waals surface area contributed by atoms with Crippen LogP contribution in [-0.4, -0.2) is 22.9 Å². The minimum Gasteiger partial charge on any atom is -0.334 e. The Bertz CT molecular complexity index is 495. The second kappa shape index (κ2) is 7.02. The number of halogens is 2. The maximum absolute atomic E-state index is 13.3. The van der Waals surface area contributed by atoms with Crippen LogP contribution in [0.1, 0.15) is 40.2 Å². The molecule has 0 aliphatic carbocycles. The Balaban J connectivity index is 3.06. The van der Waals surface area contributed by atoms with Crippen LogP contribution in [0, 0.1) is 5.82 Å². The highest BCUT2D eigenvalue weighted by Gasteiger charge is 2.21. The van der Waals surface area contributed by atoms with Crippen molar-refractivity contribution in [3.05, 3.63) is 39.6 Å². The van der Waals surface area contributed by atoms with Crippen molar-refractivity contribution in [3.8, 4) is 0 Å². The fourth-order valence-corrected chi connectivity index (χ4v) is 2.72. The number of nitrogens with zero attached hydrogens (tertiary/aromatic N) is 1. The molecule has 1 rings (SSSR count). The van der Waals surface area contributed by atoms with Crippen molar-refractivity contribution >= 4 is 27.9 Å². The van der Waals surface area contributed by atoms with Gasteiger partial charge < -0.3 is 4.90 Å². The topological polar surface area (TPSA) is 20.3 Å².